The maximum absolute atomic E-state index is 13.1. The molecule has 1 saturated heterocycles. The van der Waals surface area contributed by atoms with Crippen LogP contribution in [0.3, 0.4) is 0 Å². The van der Waals surface area contributed by atoms with Crippen LogP contribution in [0.15, 0.2) is 18.2 Å². The number of likely N-dealkylation sites (N-methyl/N-ethyl adjacent to an activating group) is 1. The van der Waals surface area contributed by atoms with Gasteiger partial charge in [0.05, 0.1) is 0 Å². The number of anilines is 1. The van der Waals surface area contributed by atoms with Gasteiger partial charge < -0.3 is 9.80 Å². The average Bonchev–Trinajstić information content (AvgIpc) is 2.94. The molecule has 3 rings (SSSR count). The number of fused-ring (bicyclic) bond motifs is 3. The van der Waals surface area contributed by atoms with Crippen LogP contribution in [-0.4, -0.2) is 37.0 Å². The molecule has 3 heteroatoms. The van der Waals surface area contributed by atoms with E-state index in [4.69, 9.17) is 0 Å². The second-order valence-electron chi connectivity index (χ2n) is 8.42. The first-order chi connectivity index (χ1) is 12.6. The van der Waals surface area contributed by atoms with Gasteiger partial charge in [0.2, 0.25) is 5.91 Å². The van der Waals surface area contributed by atoms with Crippen molar-refractivity contribution in [1.29, 1.82) is 0 Å². The minimum Gasteiger partial charge on any atom is -0.308 e. The molecule has 1 amide bonds. The van der Waals surface area contributed by atoms with E-state index in [2.05, 4.69) is 48.9 Å². The highest BCUT2D eigenvalue weighted by Crippen LogP contribution is 2.45. The molecule has 0 aliphatic carbocycles. The summed E-state index contributed by atoms with van der Waals surface area (Å²) >= 11 is 0. The van der Waals surface area contributed by atoms with Gasteiger partial charge in [0.25, 0.3) is 0 Å². The number of piperidine rings is 1. The molecule has 0 radical (unpaired) electrons. The zero-order valence-corrected chi connectivity index (χ0v) is 17.0. The lowest BCUT2D eigenvalue weighted by molar-refractivity contribution is -0.119. The third kappa shape index (κ3) is 4.31. The fourth-order valence-corrected chi connectivity index (χ4v) is 4.76. The van der Waals surface area contributed by atoms with Gasteiger partial charge in [-0.1, -0.05) is 63.1 Å². The number of carbonyl (C=O) groups is 1. The summed E-state index contributed by atoms with van der Waals surface area (Å²) in [6, 6.07) is 7.03. The van der Waals surface area contributed by atoms with E-state index in [-0.39, 0.29) is 0 Å². The number of amides is 1. The first kappa shape index (κ1) is 19.4. The van der Waals surface area contributed by atoms with E-state index in [1.165, 1.54) is 55.3 Å². The number of nitrogens with zero attached hydrogens (tertiary/aromatic N) is 2. The molecule has 1 fully saturated rings. The van der Waals surface area contributed by atoms with E-state index in [0.29, 0.717) is 24.3 Å². The van der Waals surface area contributed by atoms with Crippen LogP contribution in [0.2, 0.25) is 0 Å². The molecule has 0 bridgehead atoms. The Balaban J connectivity index is 1.60. The molecular weight excluding hydrogens is 320 g/mol. The maximum Gasteiger partial charge on any atom is 0.227 e. The lowest BCUT2D eigenvalue weighted by Crippen LogP contribution is -2.47. The van der Waals surface area contributed by atoms with Gasteiger partial charge in [0, 0.05) is 30.6 Å². The lowest BCUT2D eigenvalue weighted by Gasteiger charge is -2.36. The number of aryl methyl sites for hydroxylation is 1. The number of rotatable bonds is 8. The Morgan fingerprint density at radius 3 is 2.62 bits per heavy atom. The van der Waals surface area contributed by atoms with E-state index in [0.717, 1.165) is 25.9 Å². The summed E-state index contributed by atoms with van der Waals surface area (Å²) in [6.45, 7) is 6.58. The molecule has 2 heterocycles. The van der Waals surface area contributed by atoms with Crippen LogP contribution in [0.5, 0.6) is 0 Å². The van der Waals surface area contributed by atoms with Crippen molar-refractivity contribution in [3.63, 3.8) is 0 Å². The standard InChI is InChI=1S/C23H36N2O/c1-4-5-6-7-8-9-10-11-23(26)25-21-13-12-18(2)16-19(21)20-17-24(3)15-14-22(20)25/h12-13,16,20,22H,4-11,14-15,17H2,1-3H3/t20-,22+/m0/s1. The molecule has 2 aliphatic heterocycles. The molecule has 1 aromatic rings. The van der Waals surface area contributed by atoms with Gasteiger partial charge in [-0.2, -0.15) is 0 Å². The third-order valence-electron chi connectivity index (χ3n) is 6.22. The summed E-state index contributed by atoms with van der Waals surface area (Å²) in [4.78, 5) is 17.7. The van der Waals surface area contributed by atoms with Crippen molar-refractivity contribution in [1.82, 2.24) is 4.90 Å². The Hall–Kier alpha value is -1.35. The predicted octanol–water partition coefficient (Wildman–Crippen LogP) is 5.27. The molecule has 0 saturated carbocycles. The van der Waals surface area contributed by atoms with Crippen molar-refractivity contribution in [2.75, 3.05) is 25.0 Å². The van der Waals surface area contributed by atoms with Gasteiger partial charge in [-0.3, -0.25) is 4.79 Å². The summed E-state index contributed by atoms with van der Waals surface area (Å²) in [5, 5.41) is 0. The summed E-state index contributed by atoms with van der Waals surface area (Å²) in [5.74, 6) is 0.836. The van der Waals surface area contributed by atoms with Crippen molar-refractivity contribution < 1.29 is 4.79 Å². The van der Waals surface area contributed by atoms with Crippen LogP contribution in [-0.2, 0) is 4.79 Å². The van der Waals surface area contributed by atoms with Crippen molar-refractivity contribution >= 4 is 11.6 Å². The number of benzene rings is 1. The third-order valence-corrected chi connectivity index (χ3v) is 6.22. The molecule has 1 aromatic carbocycles. The van der Waals surface area contributed by atoms with E-state index in [9.17, 15) is 4.79 Å². The van der Waals surface area contributed by atoms with Gasteiger partial charge >= 0.3 is 0 Å². The molecule has 2 atom stereocenters. The topological polar surface area (TPSA) is 23.6 Å². The zero-order chi connectivity index (χ0) is 18.5. The Bertz CT molecular complexity index is 612. The first-order valence-electron chi connectivity index (χ1n) is 10.7. The fraction of sp³-hybridized carbons (Fsp3) is 0.696. The Morgan fingerprint density at radius 2 is 1.85 bits per heavy atom. The maximum atomic E-state index is 13.1. The van der Waals surface area contributed by atoms with E-state index in [1.807, 2.05) is 0 Å². The van der Waals surface area contributed by atoms with Gasteiger partial charge in [0.15, 0.2) is 0 Å². The molecule has 0 unspecified atom stereocenters. The normalized spacial score (nSPS) is 22.3. The number of hydrogen-bond donors (Lipinski definition) is 0. The summed E-state index contributed by atoms with van der Waals surface area (Å²) < 4.78 is 0. The predicted molar refractivity (Wildman–Crippen MR) is 110 cm³/mol. The average molecular weight is 357 g/mol. The minimum atomic E-state index is 0.348. The second kappa shape index (κ2) is 9.03. The minimum absolute atomic E-state index is 0.348. The Morgan fingerprint density at radius 1 is 1.12 bits per heavy atom. The molecule has 144 valence electrons. The molecule has 3 nitrogen and oxygen atoms in total. The van der Waals surface area contributed by atoms with Gasteiger partial charge in [0.1, 0.15) is 0 Å². The van der Waals surface area contributed by atoms with E-state index >= 15 is 0 Å². The summed E-state index contributed by atoms with van der Waals surface area (Å²) in [6.07, 6.45) is 10.6. The van der Waals surface area contributed by atoms with Crippen LogP contribution in [0, 0.1) is 6.92 Å². The monoisotopic (exact) mass is 356 g/mol. The number of likely N-dealkylation sites (tertiary alicyclic amines) is 1. The zero-order valence-electron chi connectivity index (χ0n) is 17.0. The molecule has 26 heavy (non-hydrogen) atoms. The Labute approximate surface area is 159 Å². The molecule has 0 aromatic heterocycles. The number of unbranched alkanes of at least 4 members (excludes halogenated alkanes) is 6. The molecular formula is C23H36N2O. The summed E-state index contributed by atoms with van der Waals surface area (Å²) in [5.41, 5.74) is 3.89. The van der Waals surface area contributed by atoms with E-state index in [1.54, 1.807) is 0 Å². The Kier molecular flexibility index (Phi) is 6.74. The lowest BCUT2D eigenvalue weighted by atomic mass is 9.89. The first-order valence-corrected chi connectivity index (χ1v) is 10.7. The van der Waals surface area contributed by atoms with Gasteiger partial charge in [-0.15, -0.1) is 0 Å². The van der Waals surface area contributed by atoms with Crippen LogP contribution in [0.4, 0.5) is 5.69 Å². The second-order valence-corrected chi connectivity index (χ2v) is 8.42. The van der Waals surface area contributed by atoms with Gasteiger partial charge in [-0.25, -0.2) is 0 Å². The van der Waals surface area contributed by atoms with Crippen molar-refractivity contribution in [3.8, 4) is 0 Å². The number of hydrogen-bond acceptors (Lipinski definition) is 2. The van der Waals surface area contributed by atoms with E-state index < -0.39 is 0 Å². The van der Waals surface area contributed by atoms with Crippen molar-refractivity contribution in [2.45, 2.75) is 83.6 Å². The summed E-state index contributed by atoms with van der Waals surface area (Å²) in [7, 11) is 2.20. The SMILES string of the molecule is CCCCCCCCCC(=O)N1c2ccc(C)cc2[C@@H]2CN(C)CC[C@H]21. The molecule has 0 spiro atoms. The fourth-order valence-electron chi connectivity index (χ4n) is 4.76. The molecule has 0 N–H and O–H groups in total. The highest BCUT2D eigenvalue weighted by molar-refractivity contribution is 5.96. The highest BCUT2D eigenvalue weighted by atomic mass is 16.2. The largest absolute Gasteiger partial charge is 0.308 e. The number of carbonyl (C=O) groups excluding carboxylic acids is 1. The van der Waals surface area contributed by atoms with Crippen LogP contribution < -0.4 is 4.90 Å². The van der Waals surface area contributed by atoms with Crippen LogP contribution in [0.25, 0.3) is 0 Å². The van der Waals surface area contributed by atoms with Crippen LogP contribution in [0.1, 0.15) is 81.8 Å². The quantitative estimate of drug-likeness (QED) is 0.592. The highest BCUT2D eigenvalue weighted by Gasteiger charge is 2.43. The smallest absolute Gasteiger partial charge is 0.227 e. The van der Waals surface area contributed by atoms with Gasteiger partial charge in [-0.05, 0) is 45.0 Å². The molecule has 2 aliphatic rings. The van der Waals surface area contributed by atoms with Crippen molar-refractivity contribution in [3.05, 3.63) is 29.3 Å². The van der Waals surface area contributed by atoms with Crippen molar-refractivity contribution in [2.24, 2.45) is 0 Å². The van der Waals surface area contributed by atoms with Crippen LogP contribution >= 0.6 is 0 Å².